The molecule has 0 spiro atoms. The van der Waals surface area contributed by atoms with Gasteiger partial charge in [-0.1, -0.05) is 24.3 Å². The minimum absolute atomic E-state index is 0.0712. The summed E-state index contributed by atoms with van der Waals surface area (Å²) >= 11 is 0.818. The van der Waals surface area contributed by atoms with E-state index in [9.17, 15) is 14.0 Å². The summed E-state index contributed by atoms with van der Waals surface area (Å²) in [6.07, 6.45) is 1.41. The first kappa shape index (κ1) is 17.2. The van der Waals surface area contributed by atoms with Gasteiger partial charge >= 0.3 is 0 Å². The molecule has 6 heteroatoms. The Morgan fingerprint density at radius 2 is 1.88 bits per heavy atom. The highest BCUT2D eigenvalue weighted by Crippen LogP contribution is 2.32. The van der Waals surface area contributed by atoms with E-state index in [0.717, 1.165) is 27.9 Å². The average Bonchev–Trinajstić information content (AvgIpc) is 2.85. The fourth-order valence-electron chi connectivity index (χ4n) is 2.39. The van der Waals surface area contributed by atoms with Crippen LogP contribution in [0.25, 0.3) is 6.08 Å². The van der Waals surface area contributed by atoms with Crippen LogP contribution in [0.5, 0.6) is 0 Å². The third kappa shape index (κ3) is 3.74. The van der Waals surface area contributed by atoms with Crippen molar-refractivity contribution in [3.05, 3.63) is 69.9 Å². The van der Waals surface area contributed by atoms with E-state index in [4.69, 9.17) is 0 Å². The van der Waals surface area contributed by atoms with Crippen LogP contribution in [0, 0.1) is 19.7 Å². The van der Waals surface area contributed by atoms with Gasteiger partial charge < -0.3 is 5.32 Å². The first-order valence-corrected chi connectivity index (χ1v) is 8.58. The van der Waals surface area contributed by atoms with Gasteiger partial charge in [0.15, 0.2) is 0 Å². The lowest BCUT2D eigenvalue weighted by Crippen LogP contribution is -2.33. The number of amides is 2. The maximum atomic E-state index is 13.7. The zero-order valence-electron chi connectivity index (χ0n) is 13.9. The van der Waals surface area contributed by atoms with E-state index in [0.29, 0.717) is 0 Å². The normalized spacial score (nSPS) is 16.0. The highest BCUT2D eigenvalue weighted by molar-refractivity contribution is 8.18. The van der Waals surface area contributed by atoms with E-state index in [1.54, 1.807) is 18.2 Å². The number of imide groups is 1. The minimum atomic E-state index is -0.428. The summed E-state index contributed by atoms with van der Waals surface area (Å²) in [6.45, 7) is 4.09. The van der Waals surface area contributed by atoms with Crippen LogP contribution in [0.2, 0.25) is 0 Å². The van der Waals surface area contributed by atoms with Gasteiger partial charge in [0.1, 0.15) is 5.82 Å². The molecule has 2 aromatic rings. The molecule has 2 aromatic carbocycles. The van der Waals surface area contributed by atoms with Crippen LogP contribution in [-0.2, 0) is 4.79 Å². The summed E-state index contributed by atoms with van der Waals surface area (Å²) in [5.41, 5.74) is 3.42. The van der Waals surface area contributed by atoms with Gasteiger partial charge in [-0.25, -0.2) is 4.39 Å². The van der Waals surface area contributed by atoms with Gasteiger partial charge in [-0.05, 0) is 61.0 Å². The van der Waals surface area contributed by atoms with E-state index in [-0.39, 0.29) is 22.4 Å². The second-order valence-electron chi connectivity index (χ2n) is 5.77. The zero-order valence-corrected chi connectivity index (χ0v) is 14.7. The molecule has 1 aliphatic heterocycles. The van der Waals surface area contributed by atoms with Crippen molar-refractivity contribution in [2.24, 2.45) is 0 Å². The third-order valence-corrected chi connectivity index (χ3v) is 4.92. The predicted molar refractivity (Wildman–Crippen MR) is 98.6 cm³/mol. The number of nitrogens with zero attached hydrogens (tertiary/aromatic N) is 1. The van der Waals surface area contributed by atoms with E-state index < -0.39 is 11.7 Å². The fraction of sp³-hybridized carbons (Fsp3) is 0.158. The molecule has 1 saturated heterocycles. The first-order chi connectivity index (χ1) is 12.0. The maximum Gasteiger partial charge on any atom is 0.295 e. The molecule has 0 bridgehead atoms. The van der Waals surface area contributed by atoms with Crippen molar-refractivity contribution in [2.75, 3.05) is 12.0 Å². The fourth-order valence-corrected chi connectivity index (χ4v) is 3.22. The molecule has 0 saturated carbocycles. The molecule has 3 rings (SSSR count). The number of halogens is 1. The van der Waals surface area contributed by atoms with Crippen molar-refractivity contribution in [2.45, 2.75) is 13.8 Å². The van der Waals surface area contributed by atoms with Crippen molar-refractivity contribution in [1.29, 1.82) is 0 Å². The number of carbonyl (C=O) groups is 2. The molecule has 2 amide bonds. The number of hydrogen-bond acceptors (Lipinski definition) is 4. The monoisotopic (exact) mass is 356 g/mol. The number of thioether (sulfide) groups is 1. The van der Waals surface area contributed by atoms with Crippen molar-refractivity contribution < 1.29 is 14.0 Å². The molecule has 128 valence electrons. The van der Waals surface area contributed by atoms with Gasteiger partial charge in [-0.3, -0.25) is 14.5 Å². The number of anilines is 1. The van der Waals surface area contributed by atoms with Gasteiger partial charge in [0, 0.05) is 11.3 Å². The predicted octanol–water partition coefficient (Wildman–Crippen LogP) is 4.55. The molecular weight excluding hydrogens is 339 g/mol. The minimum Gasteiger partial charge on any atom is -0.367 e. The molecule has 0 radical (unpaired) electrons. The zero-order chi connectivity index (χ0) is 18.0. The van der Waals surface area contributed by atoms with Gasteiger partial charge in [-0.15, -0.1) is 0 Å². The molecule has 25 heavy (non-hydrogen) atoms. The van der Waals surface area contributed by atoms with Crippen molar-refractivity contribution >= 4 is 34.7 Å². The van der Waals surface area contributed by atoms with Crippen molar-refractivity contribution in [3.63, 3.8) is 0 Å². The van der Waals surface area contributed by atoms with E-state index in [1.165, 1.54) is 17.7 Å². The highest BCUT2D eigenvalue weighted by atomic mass is 32.2. The number of hydrogen-bond donors (Lipinski definition) is 1. The summed E-state index contributed by atoms with van der Waals surface area (Å²) in [5.74, 6) is -0.850. The SMILES string of the molecule is Cc1ccc(NCN2C(=O)SC(=Cc3ccccc3F)C2=O)cc1C. The van der Waals surface area contributed by atoms with Crippen molar-refractivity contribution in [1.82, 2.24) is 4.90 Å². The van der Waals surface area contributed by atoms with E-state index in [1.807, 2.05) is 32.0 Å². The number of rotatable bonds is 4. The number of benzene rings is 2. The van der Waals surface area contributed by atoms with Crippen LogP contribution >= 0.6 is 11.8 Å². The van der Waals surface area contributed by atoms with Crippen LogP contribution in [0.3, 0.4) is 0 Å². The van der Waals surface area contributed by atoms with E-state index in [2.05, 4.69) is 5.32 Å². The smallest absolute Gasteiger partial charge is 0.295 e. The summed E-state index contributed by atoms with van der Waals surface area (Å²) in [7, 11) is 0. The lowest BCUT2D eigenvalue weighted by Gasteiger charge is -2.15. The number of carbonyl (C=O) groups excluding carboxylic acids is 2. The standard InChI is InChI=1S/C19H17FN2O2S/c1-12-7-8-15(9-13(12)2)21-11-22-18(23)17(25-19(22)24)10-14-5-3-4-6-16(14)20/h3-10,21H,11H2,1-2H3. The molecule has 1 N–H and O–H groups in total. The summed E-state index contributed by atoms with van der Waals surface area (Å²) < 4.78 is 13.7. The largest absolute Gasteiger partial charge is 0.367 e. The molecule has 4 nitrogen and oxygen atoms in total. The maximum absolute atomic E-state index is 13.7. The summed E-state index contributed by atoms with van der Waals surface area (Å²) in [6, 6.07) is 12.0. The van der Waals surface area contributed by atoms with Gasteiger partial charge in [0.2, 0.25) is 0 Å². The first-order valence-electron chi connectivity index (χ1n) is 7.77. The summed E-state index contributed by atoms with van der Waals surface area (Å²) in [5, 5.41) is 2.71. The number of aryl methyl sites for hydroxylation is 2. The Morgan fingerprint density at radius 3 is 2.60 bits per heavy atom. The topological polar surface area (TPSA) is 49.4 Å². The summed E-state index contributed by atoms with van der Waals surface area (Å²) in [4.78, 5) is 25.9. The number of nitrogens with one attached hydrogen (secondary N) is 1. The Balaban J connectivity index is 1.73. The van der Waals surface area contributed by atoms with Crippen LogP contribution in [-0.4, -0.2) is 22.7 Å². The Bertz CT molecular complexity index is 879. The molecule has 1 aliphatic rings. The Morgan fingerprint density at radius 1 is 1.12 bits per heavy atom. The molecule has 0 aliphatic carbocycles. The van der Waals surface area contributed by atoms with Crippen LogP contribution in [0.1, 0.15) is 16.7 Å². The third-order valence-electron chi connectivity index (χ3n) is 4.01. The van der Waals surface area contributed by atoms with Crippen LogP contribution in [0.4, 0.5) is 14.9 Å². The Kier molecular flexibility index (Phi) is 4.90. The second kappa shape index (κ2) is 7.11. The average molecular weight is 356 g/mol. The quantitative estimate of drug-likeness (QED) is 0.817. The molecule has 1 heterocycles. The Hall–Kier alpha value is -2.60. The Labute approximate surface area is 149 Å². The van der Waals surface area contributed by atoms with Crippen LogP contribution in [0.15, 0.2) is 47.4 Å². The molecular formula is C19H17FN2O2S. The van der Waals surface area contributed by atoms with Crippen molar-refractivity contribution in [3.8, 4) is 0 Å². The van der Waals surface area contributed by atoms with Crippen LogP contribution < -0.4 is 5.32 Å². The lowest BCUT2D eigenvalue weighted by atomic mass is 10.1. The molecule has 0 unspecified atom stereocenters. The highest BCUT2D eigenvalue weighted by Gasteiger charge is 2.34. The molecule has 1 fully saturated rings. The van der Waals surface area contributed by atoms with Gasteiger partial charge in [-0.2, -0.15) is 0 Å². The molecule has 0 aromatic heterocycles. The lowest BCUT2D eigenvalue weighted by molar-refractivity contribution is -0.122. The van der Waals surface area contributed by atoms with Gasteiger partial charge in [0.05, 0.1) is 11.6 Å². The van der Waals surface area contributed by atoms with Gasteiger partial charge in [0.25, 0.3) is 11.1 Å². The second-order valence-corrected chi connectivity index (χ2v) is 6.76. The van der Waals surface area contributed by atoms with E-state index >= 15 is 0 Å². The molecule has 0 atom stereocenters.